The predicted octanol–water partition coefficient (Wildman–Crippen LogP) is -4.76. The molecule has 0 heterocycles. The molecule has 0 aliphatic rings. The minimum Gasteiger partial charge on any atom is -0.480 e. The Labute approximate surface area is 143 Å². The Morgan fingerprint density at radius 2 is 1.40 bits per heavy atom. The first-order valence-electron chi connectivity index (χ1n) is 7.35. The first-order chi connectivity index (χ1) is 11.5. The lowest BCUT2D eigenvalue weighted by atomic mass is 10.1. The van der Waals surface area contributed by atoms with Crippen LogP contribution >= 0.6 is 0 Å². The molecular formula is C13H24N4O8. The lowest BCUT2D eigenvalue weighted by Crippen LogP contribution is -2.61. The number of aliphatic hydroxyl groups is 3. The minimum atomic E-state index is -1.66. The Bertz CT molecular complexity index is 496. The maximum Gasteiger partial charge on any atom is 0.328 e. The number of carboxylic acids is 1. The zero-order valence-electron chi connectivity index (χ0n) is 13.8. The molecule has 0 aliphatic heterocycles. The van der Waals surface area contributed by atoms with Gasteiger partial charge in [0, 0.05) is 0 Å². The number of aliphatic hydroxyl groups excluding tert-OH is 3. The van der Waals surface area contributed by atoms with Crippen molar-refractivity contribution in [3.63, 3.8) is 0 Å². The van der Waals surface area contributed by atoms with Gasteiger partial charge in [0.05, 0.1) is 25.4 Å². The van der Waals surface area contributed by atoms with Gasteiger partial charge in [-0.3, -0.25) is 14.4 Å². The van der Waals surface area contributed by atoms with Crippen LogP contribution in [0.4, 0.5) is 0 Å². The molecule has 0 saturated heterocycles. The molecule has 25 heavy (non-hydrogen) atoms. The molecule has 144 valence electrons. The number of carbonyl (C=O) groups excluding carboxylic acids is 3. The molecule has 9 N–H and O–H groups in total. The van der Waals surface area contributed by atoms with Crippen LogP contribution in [-0.2, 0) is 19.2 Å². The summed E-state index contributed by atoms with van der Waals surface area (Å²) in [5.41, 5.74) is 5.08. The highest BCUT2D eigenvalue weighted by atomic mass is 16.4. The van der Waals surface area contributed by atoms with Crippen LogP contribution in [0, 0.1) is 0 Å². The first-order valence-corrected chi connectivity index (χ1v) is 7.35. The van der Waals surface area contributed by atoms with Crippen molar-refractivity contribution in [3.8, 4) is 0 Å². The summed E-state index contributed by atoms with van der Waals surface area (Å²) in [5, 5.41) is 43.2. The molecule has 0 rings (SSSR count). The average molecular weight is 364 g/mol. The number of nitrogens with two attached hydrogens (primary N) is 1. The topological polar surface area (TPSA) is 211 Å². The van der Waals surface area contributed by atoms with Crippen molar-refractivity contribution in [1.82, 2.24) is 16.0 Å². The van der Waals surface area contributed by atoms with Crippen LogP contribution < -0.4 is 21.7 Å². The van der Waals surface area contributed by atoms with Crippen LogP contribution in [0.25, 0.3) is 0 Å². The van der Waals surface area contributed by atoms with Crippen molar-refractivity contribution < 1.29 is 39.6 Å². The van der Waals surface area contributed by atoms with Gasteiger partial charge < -0.3 is 42.1 Å². The van der Waals surface area contributed by atoms with E-state index in [1.165, 1.54) is 0 Å². The van der Waals surface area contributed by atoms with Crippen LogP contribution in [-0.4, -0.2) is 87.6 Å². The highest BCUT2D eigenvalue weighted by Gasteiger charge is 2.33. The third-order valence-corrected chi connectivity index (χ3v) is 3.13. The maximum absolute atomic E-state index is 12.1. The fraction of sp³-hybridized carbons (Fsp3) is 0.692. The van der Waals surface area contributed by atoms with Crippen LogP contribution in [0.1, 0.15) is 13.8 Å². The standard InChI is InChI=1S/C13H24N4O8/c1-5(19)9(12(23)17-10(6(2)20)13(24)25)16-11(22)7(4-18)15-8(21)3-14/h5-7,9-10,18-20H,3-4,14H2,1-2H3,(H,15,21)(H,16,22)(H,17,23)(H,24,25). The lowest BCUT2D eigenvalue weighted by Gasteiger charge is -2.26. The van der Waals surface area contributed by atoms with Gasteiger partial charge in [-0.2, -0.15) is 0 Å². The van der Waals surface area contributed by atoms with E-state index in [1.54, 1.807) is 0 Å². The second-order valence-electron chi connectivity index (χ2n) is 5.30. The molecule has 0 aromatic carbocycles. The predicted molar refractivity (Wildman–Crippen MR) is 82.9 cm³/mol. The van der Waals surface area contributed by atoms with Gasteiger partial charge in [0.25, 0.3) is 0 Å². The fourth-order valence-corrected chi connectivity index (χ4v) is 1.74. The second-order valence-corrected chi connectivity index (χ2v) is 5.30. The number of aliphatic carboxylic acids is 1. The Morgan fingerprint density at radius 3 is 1.76 bits per heavy atom. The molecule has 0 aromatic heterocycles. The van der Waals surface area contributed by atoms with Crippen molar-refractivity contribution >= 4 is 23.7 Å². The van der Waals surface area contributed by atoms with Crippen LogP contribution in [0.15, 0.2) is 0 Å². The molecule has 0 aliphatic carbocycles. The Hall–Kier alpha value is -2.28. The second kappa shape index (κ2) is 10.6. The monoisotopic (exact) mass is 364 g/mol. The molecule has 12 nitrogen and oxygen atoms in total. The molecule has 5 atom stereocenters. The molecule has 0 bridgehead atoms. The minimum absolute atomic E-state index is 0.432. The fourth-order valence-electron chi connectivity index (χ4n) is 1.74. The average Bonchev–Trinajstić information content (AvgIpc) is 2.53. The van der Waals surface area contributed by atoms with E-state index >= 15 is 0 Å². The van der Waals surface area contributed by atoms with Crippen molar-refractivity contribution in [2.45, 2.75) is 44.2 Å². The summed E-state index contributed by atoms with van der Waals surface area (Å²) in [4.78, 5) is 46.3. The molecular weight excluding hydrogens is 340 g/mol. The number of amides is 3. The lowest BCUT2D eigenvalue weighted by molar-refractivity contribution is -0.146. The first kappa shape index (κ1) is 22.7. The molecule has 0 fully saturated rings. The van der Waals surface area contributed by atoms with Gasteiger partial charge in [-0.1, -0.05) is 0 Å². The van der Waals surface area contributed by atoms with E-state index < -0.39 is 67.2 Å². The van der Waals surface area contributed by atoms with Crippen LogP contribution in [0.5, 0.6) is 0 Å². The summed E-state index contributed by atoms with van der Waals surface area (Å²) in [5.74, 6) is -4.30. The van der Waals surface area contributed by atoms with E-state index in [9.17, 15) is 29.4 Å². The summed E-state index contributed by atoms with van der Waals surface area (Å²) in [7, 11) is 0. The van der Waals surface area contributed by atoms with E-state index in [2.05, 4.69) is 10.6 Å². The smallest absolute Gasteiger partial charge is 0.328 e. The van der Waals surface area contributed by atoms with Gasteiger partial charge in [0.15, 0.2) is 6.04 Å². The number of hydrogen-bond acceptors (Lipinski definition) is 8. The van der Waals surface area contributed by atoms with Gasteiger partial charge in [-0.05, 0) is 13.8 Å². The molecule has 0 saturated carbocycles. The summed E-state index contributed by atoms with van der Waals surface area (Å²) in [6.45, 7) is 1.07. The van der Waals surface area contributed by atoms with Crippen molar-refractivity contribution in [2.24, 2.45) is 5.73 Å². The van der Waals surface area contributed by atoms with Crippen molar-refractivity contribution in [2.75, 3.05) is 13.2 Å². The molecule has 0 spiro atoms. The Morgan fingerprint density at radius 1 is 0.920 bits per heavy atom. The number of carboxylic acid groups (broad SMARTS) is 1. The number of nitrogens with one attached hydrogen (secondary N) is 3. The molecule has 0 aromatic rings. The van der Waals surface area contributed by atoms with Gasteiger partial charge in [0.1, 0.15) is 12.1 Å². The van der Waals surface area contributed by atoms with E-state index in [1.807, 2.05) is 5.32 Å². The Balaban J connectivity index is 5.10. The zero-order valence-corrected chi connectivity index (χ0v) is 13.8. The van der Waals surface area contributed by atoms with Gasteiger partial charge in [-0.15, -0.1) is 0 Å². The largest absolute Gasteiger partial charge is 0.480 e. The summed E-state index contributed by atoms with van der Waals surface area (Å²) < 4.78 is 0. The van der Waals surface area contributed by atoms with Gasteiger partial charge >= 0.3 is 5.97 Å². The van der Waals surface area contributed by atoms with E-state index in [4.69, 9.17) is 15.9 Å². The van der Waals surface area contributed by atoms with E-state index in [0.717, 1.165) is 13.8 Å². The van der Waals surface area contributed by atoms with Crippen molar-refractivity contribution in [3.05, 3.63) is 0 Å². The maximum atomic E-state index is 12.1. The van der Waals surface area contributed by atoms with Crippen molar-refractivity contribution in [1.29, 1.82) is 0 Å². The molecule has 12 heteroatoms. The molecule has 3 amide bonds. The van der Waals surface area contributed by atoms with Gasteiger partial charge in [-0.25, -0.2) is 4.79 Å². The molecule has 5 unspecified atom stereocenters. The quantitative estimate of drug-likeness (QED) is 0.187. The summed E-state index contributed by atoms with van der Waals surface area (Å²) in [6, 6.07) is -4.66. The highest BCUT2D eigenvalue weighted by Crippen LogP contribution is 1.99. The third kappa shape index (κ3) is 7.43. The van der Waals surface area contributed by atoms with E-state index in [0.29, 0.717) is 0 Å². The van der Waals surface area contributed by atoms with Gasteiger partial charge in [0.2, 0.25) is 17.7 Å². The number of carbonyl (C=O) groups is 4. The molecule has 0 radical (unpaired) electrons. The number of rotatable bonds is 10. The SMILES string of the molecule is CC(O)C(NC(=O)C(NC(=O)C(CO)NC(=O)CN)C(C)O)C(=O)O. The van der Waals surface area contributed by atoms with Crippen LogP contribution in [0.3, 0.4) is 0 Å². The van der Waals surface area contributed by atoms with Crippen LogP contribution in [0.2, 0.25) is 0 Å². The summed E-state index contributed by atoms with van der Waals surface area (Å²) >= 11 is 0. The Kier molecular flexibility index (Phi) is 9.59. The van der Waals surface area contributed by atoms with E-state index in [-0.39, 0.29) is 0 Å². The number of hydrogen-bond donors (Lipinski definition) is 8. The normalized spacial score (nSPS) is 16.7. The third-order valence-electron chi connectivity index (χ3n) is 3.13. The summed E-state index contributed by atoms with van der Waals surface area (Å²) in [6.07, 6.45) is -2.86. The highest BCUT2D eigenvalue weighted by molar-refractivity contribution is 5.94. The zero-order chi connectivity index (χ0) is 19.7.